The lowest BCUT2D eigenvalue weighted by Gasteiger charge is -2.29. The van der Waals surface area contributed by atoms with Gasteiger partial charge in [0.25, 0.3) is 0 Å². The van der Waals surface area contributed by atoms with Crippen LogP contribution in [0.1, 0.15) is 6.92 Å². The summed E-state index contributed by atoms with van der Waals surface area (Å²) in [5, 5.41) is 5.71. The number of rotatable bonds is 6. The fraction of sp³-hybridized carbons (Fsp3) is 0.533. The average Bonchev–Trinajstić information content (AvgIpc) is 2.49. The van der Waals surface area contributed by atoms with Gasteiger partial charge < -0.3 is 15.4 Å². The molecule has 1 aliphatic rings. The molecule has 6 heteroatoms. The highest BCUT2D eigenvalue weighted by Crippen LogP contribution is 2.11. The van der Waals surface area contributed by atoms with Crippen LogP contribution in [-0.2, 0) is 9.53 Å². The molecule has 0 spiro atoms. The van der Waals surface area contributed by atoms with Crippen molar-refractivity contribution in [3.05, 3.63) is 30.1 Å². The maximum Gasteiger partial charge on any atom is 0.238 e. The van der Waals surface area contributed by atoms with Crippen molar-refractivity contribution in [1.82, 2.24) is 10.2 Å². The second-order valence-corrected chi connectivity index (χ2v) is 5.22. The summed E-state index contributed by atoms with van der Waals surface area (Å²) in [6, 6.07) is 6.34. The minimum absolute atomic E-state index is 0.167. The van der Waals surface area contributed by atoms with Crippen molar-refractivity contribution in [1.29, 1.82) is 0 Å². The third-order valence-electron chi connectivity index (χ3n) is 3.39. The Balaban J connectivity index is 1.69. The number of carbonyl (C=O) groups excluding carboxylic acids is 1. The van der Waals surface area contributed by atoms with Crippen LogP contribution in [-0.4, -0.2) is 56.2 Å². The van der Waals surface area contributed by atoms with E-state index in [1.807, 2.05) is 6.92 Å². The fourth-order valence-electron chi connectivity index (χ4n) is 2.26. The van der Waals surface area contributed by atoms with E-state index in [9.17, 15) is 9.18 Å². The minimum Gasteiger partial charge on any atom is -0.379 e. The van der Waals surface area contributed by atoms with E-state index in [0.717, 1.165) is 32.8 Å². The molecule has 0 radical (unpaired) electrons. The molecule has 1 heterocycles. The van der Waals surface area contributed by atoms with E-state index in [1.165, 1.54) is 6.07 Å². The van der Waals surface area contributed by atoms with Gasteiger partial charge >= 0.3 is 0 Å². The molecule has 0 saturated carbocycles. The van der Waals surface area contributed by atoms with Crippen LogP contribution in [0, 0.1) is 5.82 Å². The Morgan fingerprint density at radius 3 is 2.81 bits per heavy atom. The Labute approximate surface area is 124 Å². The SMILES string of the molecule is CC(CN1CCOCC1)NCC(=O)Nc1ccccc1F. The van der Waals surface area contributed by atoms with Crippen LogP contribution in [0.25, 0.3) is 0 Å². The van der Waals surface area contributed by atoms with Crippen molar-refractivity contribution in [2.45, 2.75) is 13.0 Å². The summed E-state index contributed by atoms with van der Waals surface area (Å²) in [6.07, 6.45) is 0. The lowest BCUT2D eigenvalue weighted by molar-refractivity contribution is -0.115. The minimum atomic E-state index is -0.424. The van der Waals surface area contributed by atoms with Gasteiger partial charge in [-0.15, -0.1) is 0 Å². The van der Waals surface area contributed by atoms with Gasteiger partial charge in [-0.05, 0) is 19.1 Å². The molecule has 2 rings (SSSR count). The van der Waals surface area contributed by atoms with Crippen molar-refractivity contribution >= 4 is 11.6 Å². The summed E-state index contributed by atoms with van der Waals surface area (Å²) < 4.78 is 18.7. The standard InChI is InChI=1S/C15H22FN3O2/c1-12(11-19-6-8-21-9-7-19)17-10-15(20)18-14-5-3-2-4-13(14)16/h2-5,12,17H,6-11H2,1H3,(H,18,20). The first-order valence-corrected chi connectivity index (χ1v) is 7.23. The molecular weight excluding hydrogens is 273 g/mol. The number of nitrogens with one attached hydrogen (secondary N) is 2. The average molecular weight is 295 g/mol. The van der Waals surface area contributed by atoms with Crippen LogP contribution in [0.15, 0.2) is 24.3 Å². The van der Waals surface area contributed by atoms with Gasteiger partial charge in [-0.2, -0.15) is 0 Å². The summed E-state index contributed by atoms with van der Waals surface area (Å²) in [6.45, 7) is 6.45. The van der Waals surface area contributed by atoms with Crippen molar-refractivity contribution < 1.29 is 13.9 Å². The molecule has 0 aliphatic carbocycles. The summed E-state index contributed by atoms with van der Waals surface area (Å²) in [5.74, 6) is -0.666. The number of carbonyl (C=O) groups is 1. The Kier molecular flexibility index (Phi) is 6.10. The van der Waals surface area contributed by atoms with Gasteiger partial charge in [0.15, 0.2) is 0 Å². The highest BCUT2D eigenvalue weighted by Gasteiger charge is 2.14. The number of ether oxygens (including phenoxy) is 1. The summed E-state index contributed by atoms with van der Waals surface area (Å²) >= 11 is 0. The molecule has 21 heavy (non-hydrogen) atoms. The molecule has 1 unspecified atom stereocenters. The van der Waals surface area contributed by atoms with Gasteiger partial charge in [0, 0.05) is 25.7 Å². The molecule has 1 atom stereocenters. The van der Waals surface area contributed by atoms with Crippen LogP contribution in [0.4, 0.5) is 10.1 Å². The highest BCUT2D eigenvalue weighted by atomic mass is 19.1. The zero-order chi connectivity index (χ0) is 15.1. The molecule has 1 fully saturated rings. The van der Waals surface area contributed by atoms with Crippen molar-refractivity contribution in [3.8, 4) is 0 Å². The Morgan fingerprint density at radius 1 is 1.38 bits per heavy atom. The van der Waals surface area contributed by atoms with Crippen molar-refractivity contribution in [2.75, 3.05) is 44.7 Å². The normalized spacial score (nSPS) is 17.4. The van der Waals surface area contributed by atoms with Crippen molar-refractivity contribution in [2.24, 2.45) is 0 Å². The van der Waals surface area contributed by atoms with Gasteiger partial charge in [0.05, 0.1) is 25.4 Å². The number of halogens is 1. The molecule has 5 nitrogen and oxygen atoms in total. The molecule has 1 saturated heterocycles. The van der Waals surface area contributed by atoms with Gasteiger partial charge in [-0.3, -0.25) is 9.69 Å². The molecule has 1 aromatic carbocycles. The lowest BCUT2D eigenvalue weighted by atomic mass is 10.2. The number of para-hydroxylation sites is 1. The van der Waals surface area contributed by atoms with E-state index in [0.29, 0.717) is 0 Å². The summed E-state index contributed by atoms with van der Waals surface area (Å²) in [7, 11) is 0. The van der Waals surface area contributed by atoms with Crippen LogP contribution < -0.4 is 10.6 Å². The van der Waals surface area contributed by atoms with E-state index in [-0.39, 0.29) is 24.2 Å². The van der Waals surface area contributed by atoms with Crippen LogP contribution >= 0.6 is 0 Å². The Bertz CT molecular complexity index is 464. The zero-order valence-electron chi connectivity index (χ0n) is 12.3. The molecule has 2 N–H and O–H groups in total. The highest BCUT2D eigenvalue weighted by molar-refractivity contribution is 5.92. The number of hydrogen-bond donors (Lipinski definition) is 2. The smallest absolute Gasteiger partial charge is 0.238 e. The van der Waals surface area contributed by atoms with E-state index in [2.05, 4.69) is 15.5 Å². The Morgan fingerprint density at radius 2 is 2.10 bits per heavy atom. The largest absolute Gasteiger partial charge is 0.379 e. The van der Waals surface area contributed by atoms with E-state index in [4.69, 9.17) is 4.74 Å². The molecule has 1 amide bonds. The molecular formula is C15H22FN3O2. The second kappa shape index (κ2) is 8.07. The molecule has 116 valence electrons. The topological polar surface area (TPSA) is 53.6 Å². The van der Waals surface area contributed by atoms with E-state index < -0.39 is 5.82 Å². The first-order chi connectivity index (χ1) is 10.1. The lowest BCUT2D eigenvalue weighted by Crippen LogP contribution is -2.46. The fourth-order valence-corrected chi connectivity index (χ4v) is 2.26. The number of nitrogens with zero attached hydrogens (tertiary/aromatic N) is 1. The second-order valence-electron chi connectivity index (χ2n) is 5.22. The quantitative estimate of drug-likeness (QED) is 0.824. The van der Waals surface area contributed by atoms with Crippen LogP contribution in [0.5, 0.6) is 0 Å². The maximum absolute atomic E-state index is 13.4. The van der Waals surface area contributed by atoms with Gasteiger partial charge in [-0.25, -0.2) is 4.39 Å². The van der Waals surface area contributed by atoms with Crippen LogP contribution in [0.3, 0.4) is 0 Å². The molecule has 1 aliphatic heterocycles. The summed E-state index contributed by atoms with van der Waals surface area (Å²) in [5.41, 5.74) is 0.213. The first-order valence-electron chi connectivity index (χ1n) is 7.23. The number of morpholine rings is 1. The zero-order valence-corrected chi connectivity index (χ0v) is 12.3. The van der Waals surface area contributed by atoms with E-state index >= 15 is 0 Å². The van der Waals surface area contributed by atoms with Gasteiger partial charge in [0.2, 0.25) is 5.91 Å². The molecule has 0 aromatic heterocycles. The first kappa shape index (κ1) is 15.9. The Hall–Kier alpha value is -1.50. The number of anilines is 1. The maximum atomic E-state index is 13.4. The summed E-state index contributed by atoms with van der Waals surface area (Å²) in [4.78, 5) is 14.1. The number of hydrogen-bond acceptors (Lipinski definition) is 4. The molecule has 1 aromatic rings. The predicted octanol–water partition coefficient (Wildman–Crippen LogP) is 1.07. The van der Waals surface area contributed by atoms with Gasteiger partial charge in [-0.1, -0.05) is 12.1 Å². The third kappa shape index (κ3) is 5.41. The number of benzene rings is 1. The van der Waals surface area contributed by atoms with E-state index in [1.54, 1.807) is 18.2 Å². The third-order valence-corrected chi connectivity index (χ3v) is 3.39. The predicted molar refractivity (Wildman–Crippen MR) is 79.8 cm³/mol. The number of amides is 1. The molecule has 0 bridgehead atoms. The van der Waals surface area contributed by atoms with Crippen molar-refractivity contribution in [3.63, 3.8) is 0 Å². The van der Waals surface area contributed by atoms with Crippen LogP contribution in [0.2, 0.25) is 0 Å². The monoisotopic (exact) mass is 295 g/mol. The van der Waals surface area contributed by atoms with Gasteiger partial charge in [0.1, 0.15) is 5.82 Å².